The molecule has 0 spiro atoms. The van der Waals surface area contributed by atoms with Crippen LogP contribution in [0.15, 0.2) is 30.6 Å². The average molecular weight is 439 g/mol. The highest BCUT2D eigenvalue weighted by atomic mass is 32.1. The number of aromatic nitrogens is 4. The summed E-state index contributed by atoms with van der Waals surface area (Å²) in [4.78, 5) is 22.9. The Morgan fingerprint density at radius 1 is 1.32 bits per heavy atom. The minimum absolute atomic E-state index is 0.0605. The third kappa shape index (κ3) is 3.42. The van der Waals surface area contributed by atoms with Gasteiger partial charge in [0.1, 0.15) is 21.8 Å². The fraction of sp³-hybridized carbons (Fsp3) is 0.333. The second-order valence-electron chi connectivity index (χ2n) is 7.35. The lowest BCUT2D eigenvalue weighted by atomic mass is 10.0. The van der Waals surface area contributed by atoms with E-state index < -0.39 is 0 Å². The number of hydrazine groups is 1. The van der Waals surface area contributed by atoms with Crippen molar-refractivity contribution in [2.45, 2.75) is 32.4 Å². The van der Waals surface area contributed by atoms with Crippen LogP contribution in [0.25, 0.3) is 15.9 Å². The number of hydrogen-bond acceptors (Lipinski definition) is 9. The number of benzene rings is 1. The van der Waals surface area contributed by atoms with E-state index in [0.717, 1.165) is 33.5 Å². The fourth-order valence-corrected chi connectivity index (χ4v) is 4.93. The van der Waals surface area contributed by atoms with Crippen molar-refractivity contribution in [3.63, 3.8) is 0 Å². The molecular formula is C21H22N6O3S. The Morgan fingerprint density at radius 2 is 2.16 bits per heavy atom. The Morgan fingerprint density at radius 3 is 2.97 bits per heavy atom. The lowest BCUT2D eigenvalue weighted by Gasteiger charge is -2.10. The number of esters is 1. The summed E-state index contributed by atoms with van der Waals surface area (Å²) in [6.07, 6.45) is 2.43. The quantitative estimate of drug-likeness (QED) is 0.458. The van der Waals surface area contributed by atoms with Crippen LogP contribution in [0.4, 0.5) is 0 Å². The molecule has 0 bridgehead atoms. The molecule has 1 aliphatic heterocycles. The van der Waals surface area contributed by atoms with Crippen LogP contribution in [0.3, 0.4) is 0 Å². The van der Waals surface area contributed by atoms with Gasteiger partial charge in [-0.05, 0) is 43.5 Å². The Bertz CT molecular complexity index is 1280. The molecule has 2 atom stereocenters. The van der Waals surface area contributed by atoms with Crippen LogP contribution in [-0.4, -0.2) is 39.3 Å². The molecule has 0 amide bonds. The highest BCUT2D eigenvalue weighted by Crippen LogP contribution is 2.34. The second kappa shape index (κ2) is 7.88. The van der Waals surface area contributed by atoms with E-state index in [1.54, 1.807) is 24.9 Å². The third-order valence-corrected chi connectivity index (χ3v) is 6.64. The maximum atomic E-state index is 12.3. The minimum Gasteiger partial charge on any atom is -0.497 e. The van der Waals surface area contributed by atoms with E-state index in [2.05, 4.69) is 27.0 Å². The topological polar surface area (TPSA) is 103 Å². The maximum absolute atomic E-state index is 12.3. The lowest BCUT2D eigenvalue weighted by Crippen LogP contribution is -2.27. The van der Waals surface area contributed by atoms with Crippen molar-refractivity contribution in [1.82, 2.24) is 30.4 Å². The lowest BCUT2D eigenvalue weighted by molar-refractivity contribution is 0.0531. The van der Waals surface area contributed by atoms with E-state index >= 15 is 0 Å². The van der Waals surface area contributed by atoms with E-state index in [4.69, 9.17) is 14.5 Å². The highest BCUT2D eigenvalue weighted by molar-refractivity contribution is 7.20. The zero-order valence-electron chi connectivity index (χ0n) is 17.4. The first-order chi connectivity index (χ1) is 15.1. The molecule has 10 heteroatoms. The minimum atomic E-state index is -0.330. The smallest absolute Gasteiger partial charge is 0.348 e. The molecule has 1 saturated heterocycles. The molecule has 2 N–H and O–H groups in total. The van der Waals surface area contributed by atoms with Crippen LogP contribution in [0.1, 0.15) is 52.1 Å². The van der Waals surface area contributed by atoms with E-state index in [-0.39, 0.29) is 18.1 Å². The molecule has 5 rings (SSSR count). The summed E-state index contributed by atoms with van der Waals surface area (Å²) in [7, 11) is 1.66. The molecule has 3 aromatic heterocycles. The predicted octanol–water partition coefficient (Wildman–Crippen LogP) is 3.11. The fourth-order valence-electron chi connectivity index (χ4n) is 3.89. The van der Waals surface area contributed by atoms with Gasteiger partial charge < -0.3 is 9.47 Å². The first-order valence-corrected chi connectivity index (χ1v) is 10.9. The number of hydrogen-bond donors (Lipinski definition) is 2. The Balaban J connectivity index is 1.47. The number of aryl methyl sites for hydroxylation is 1. The summed E-state index contributed by atoms with van der Waals surface area (Å²) >= 11 is 1.32. The molecular weight excluding hydrogens is 416 g/mol. The van der Waals surface area contributed by atoms with Crippen LogP contribution >= 0.6 is 11.3 Å². The van der Waals surface area contributed by atoms with Crippen molar-refractivity contribution in [1.29, 1.82) is 0 Å². The van der Waals surface area contributed by atoms with Gasteiger partial charge in [-0.25, -0.2) is 30.1 Å². The van der Waals surface area contributed by atoms with Gasteiger partial charge in [0.25, 0.3) is 0 Å². The molecule has 160 valence electrons. The summed E-state index contributed by atoms with van der Waals surface area (Å²) in [5.41, 5.74) is 9.28. The number of ether oxygens (including phenoxy) is 2. The van der Waals surface area contributed by atoms with Crippen molar-refractivity contribution in [3.05, 3.63) is 52.4 Å². The molecule has 0 radical (unpaired) electrons. The van der Waals surface area contributed by atoms with Gasteiger partial charge >= 0.3 is 5.97 Å². The number of nitrogens with one attached hydrogen (secondary N) is 2. The largest absolute Gasteiger partial charge is 0.497 e. The first kappa shape index (κ1) is 19.9. The summed E-state index contributed by atoms with van der Waals surface area (Å²) < 4.78 is 12.2. The Labute approximate surface area is 182 Å². The van der Waals surface area contributed by atoms with E-state index in [0.29, 0.717) is 23.0 Å². The van der Waals surface area contributed by atoms with Gasteiger partial charge in [0.2, 0.25) is 0 Å². The van der Waals surface area contributed by atoms with Crippen molar-refractivity contribution in [2.24, 2.45) is 0 Å². The van der Waals surface area contributed by atoms with Gasteiger partial charge in [-0.2, -0.15) is 0 Å². The number of thiophene rings is 1. The number of methoxy groups -OCH3 is 1. The van der Waals surface area contributed by atoms with Crippen molar-refractivity contribution in [2.75, 3.05) is 13.7 Å². The molecule has 0 aliphatic carbocycles. The highest BCUT2D eigenvalue weighted by Gasteiger charge is 2.30. The third-order valence-electron chi connectivity index (χ3n) is 5.46. The monoisotopic (exact) mass is 438 g/mol. The summed E-state index contributed by atoms with van der Waals surface area (Å²) in [5.74, 6) is 1.17. The van der Waals surface area contributed by atoms with Gasteiger partial charge in [-0.3, -0.25) is 0 Å². The first-order valence-electron chi connectivity index (χ1n) is 10.1. The predicted molar refractivity (Wildman–Crippen MR) is 116 cm³/mol. The number of rotatable bonds is 5. The molecule has 1 aromatic carbocycles. The number of carbonyl (C=O) groups is 1. The van der Waals surface area contributed by atoms with E-state index in [1.165, 1.54) is 11.3 Å². The van der Waals surface area contributed by atoms with Crippen LogP contribution in [0.2, 0.25) is 0 Å². The summed E-state index contributed by atoms with van der Waals surface area (Å²) in [6, 6.07) is 8.06. The Kier molecular flexibility index (Phi) is 5.05. The molecule has 4 heterocycles. The number of carbonyl (C=O) groups excluding carboxylic acids is 1. The number of nitrogens with zero attached hydrogens (tertiary/aromatic N) is 4. The van der Waals surface area contributed by atoms with Crippen molar-refractivity contribution >= 4 is 33.2 Å². The van der Waals surface area contributed by atoms with Crippen LogP contribution in [0, 0.1) is 6.92 Å². The van der Waals surface area contributed by atoms with Gasteiger partial charge in [0.05, 0.1) is 25.1 Å². The average Bonchev–Trinajstić information content (AvgIpc) is 3.50. The van der Waals surface area contributed by atoms with Crippen LogP contribution < -0.4 is 15.6 Å². The second-order valence-corrected chi connectivity index (χ2v) is 8.34. The maximum Gasteiger partial charge on any atom is 0.348 e. The zero-order valence-corrected chi connectivity index (χ0v) is 18.2. The van der Waals surface area contributed by atoms with E-state index in [9.17, 15) is 4.79 Å². The normalized spacial score (nSPS) is 18.7. The molecule has 31 heavy (non-hydrogen) atoms. The van der Waals surface area contributed by atoms with E-state index in [1.807, 2.05) is 25.1 Å². The van der Waals surface area contributed by atoms with Gasteiger partial charge in [-0.1, -0.05) is 12.1 Å². The van der Waals surface area contributed by atoms with Crippen LogP contribution in [0.5, 0.6) is 5.75 Å². The standard InChI is InChI=1S/C21H22N6O3S/c1-4-30-21(28)17-11(2)16-19-23-18(26-27(19)10-22-20(16)31-17)15-9-14(24-25-15)12-6-5-7-13(8-12)29-3/h5-8,10,14-15,24-25H,4,9H2,1-3H3. The summed E-state index contributed by atoms with van der Waals surface area (Å²) in [6.45, 7) is 4.03. The molecule has 1 fully saturated rings. The van der Waals surface area contributed by atoms with Crippen LogP contribution in [-0.2, 0) is 4.74 Å². The molecule has 2 unspecified atom stereocenters. The number of fused-ring (bicyclic) bond motifs is 3. The zero-order chi connectivity index (χ0) is 21.5. The van der Waals surface area contributed by atoms with Gasteiger partial charge in [0.15, 0.2) is 11.5 Å². The van der Waals surface area contributed by atoms with Crippen molar-refractivity contribution in [3.8, 4) is 5.75 Å². The van der Waals surface area contributed by atoms with Crippen molar-refractivity contribution < 1.29 is 14.3 Å². The molecule has 1 aliphatic rings. The Hall–Kier alpha value is -3.08. The molecule has 4 aromatic rings. The SMILES string of the molecule is CCOC(=O)c1sc2ncn3nc(C4CC(c5cccc(OC)c5)NN4)nc3c2c1C. The molecule has 0 saturated carbocycles. The van der Waals surface area contributed by atoms with Gasteiger partial charge in [0, 0.05) is 6.04 Å². The summed E-state index contributed by atoms with van der Waals surface area (Å²) in [5, 5.41) is 5.48. The molecule has 9 nitrogen and oxygen atoms in total. The van der Waals surface area contributed by atoms with Gasteiger partial charge in [-0.15, -0.1) is 16.4 Å².